The maximum atomic E-state index is 10.1. The standard InChI is InChI=1S/C8H16NO3/c1-7(2,3)5-8(4,10)6-9(11)12/h10H,1,5-6H2,2-4H3. The molecule has 0 aliphatic heterocycles. The monoisotopic (exact) mass is 174 g/mol. The molecule has 0 spiro atoms. The Labute approximate surface area is 72.7 Å². The van der Waals surface area contributed by atoms with Gasteiger partial charge in [0.2, 0.25) is 6.54 Å². The number of nitrogens with zero attached hydrogens (tertiary/aromatic N) is 1. The summed E-state index contributed by atoms with van der Waals surface area (Å²) in [6.07, 6.45) is 0.320. The van der Waals surface area contributed by atoms with E-state index < -0.39 is 17.1 Å². The Kier molecular flexibility index (Phi) is 3.21. The molecule has 12 heavy (non-hydrogen) atoms. The summed E-state index contributed by atoms with van der Waals surface area (Å²) in [5.74, 6) is 0. The summed E-state index contributed by atoms with van der Waals surface area (Å²) in [5, 5.41) is 19.7. The molecule has 1 N–H and O–H groups in total. The third kappa shape index (κ3) is 6.09. The van der Waals surface area contributed by atoms with E-state index in [-0.39, 0.29) is 5.41 Å². The molecule has 0 aromatic rings. The van der Waals surface area contributed by atoms with Crippen LogP contribution in [0, 0.1) is 22.5 Å². The molecule has 0 saturated heterocycles. The van der Waals surface area contributed by atoms with Gasteiger partial charge in [0.25, 0.3) is 0 Å². The molecule has 0 heterocycles. The van der Waals surface area contributed by atoms with Crippen LogP contribution < -0.4 is 0 Å². The van der Waals surface area contributed by atoms with Crippen molar-refractivity contribution in [3.05, 3.63) is 17.0 Å². The quantitative estimate of drug-likeness (QED) is 0.515. The lowest BCUT2D eigenvalue weighted by Gasteiger charge is -2.27. The van der Waals surface area contributed by atoms with Gasteiger partial charge in [-0.05, 0) is 25.7 Å². The highest BCUT2D eigenvalue weighted by Gasteiger charge is 2.32. The Morgan fingerprint density at radius 1 is 1.50 bits per heavy atom. The lowest BCUT2D eigenvalue weighted by Crippen LogP contribution is -2.37. The van der Waals surface area contributed by atoms with E-state index in [1.807, 2.05) is 13.8 Å². The van der Waals surface area contributed by atoms with Crippen molar-refractivity contribution in [1.82, 2.24) is 0 Å². The van der Waals surface area contributed by atoms with E-state index in [1.165, 1.54) is 6.92 Å². The van der Waals surface area contributed by atoms with Crippen molar-refractivity contribution in [3.63, 3.8) is 0 Å². The lowest BCUT2D eigenvalue weighted by atomic mass is 9.83. The second-order valence-electron chi connectivity index (χ2n) is 4.33. The predicted molar refractivity (Wildman–Crippen MR) is 46.2 cm³/mol. The van der Waals surface area contributed by atoms with Crippen LogP contribution in [0.1, 0.15) is 27.2 Å². The van der Waals surface area contributed by atoms with Crippen LogP contribution in [0.25, 0.3) is 0 Å². The van der Waals surface area contributed by atoms with Crippen molar-refractivity contribution in [2.75, 3.05) is 6.54 Å². The van der Waals surface area contributed by atoms with Crippen LogP contribution in [0.4, 0.5) is 0 Å². The molecular weight excluding hydrogens is 158 g/mol. The van der Waals surface area contributed by atoms with E-state index in [1.54, 1.807) is 0 Å². The van der Waals surface area contributed by atoms with Gasteiger partial charge in [0.15, 0.2) is 0 Å². The molecule has 0 saturated carbocycles. The first kappa shape index (κ1) is 11.4. The molecule has 0 aliphatic carbocycles. The van der Waals surface area contributed by atoms with Crippen molar-refractivity contribution < 1.29 is 10.0 Å². The average molecular weight is 174 g/mol. The van der Waals surface area contributed by atoms with Crippen LogP contribution in [0.5, 0.6) is 0 Å². The van der Waals surface area contributed by atoms with Gasteiger partial charge in [-0.3, -0.25) is 10.1 Å². The highest BCUT2D eigenvalue weighted by atomic mass is 16.6. The fraction of sp³-hybridized carbons (Fsp3) is 0.875. The van der Waals surface area contributed by atoms with Crippen LogP contribution in [-0.4, -0.2) is 22.2 Å². The van der Waals surface area contributed by atoms with Crippen LogP contribution >= 0.6 is 0 Å². The minimum absolute atomic E-state index is 0.320. The maximum absolute atomic E-state index is 10.1. The fourth-order valence-corrected chi connectivity index (χ4v) is 1.36. The number of rotatable bonds is 4. The Morgan fingerprint density at radius 3 is 2.17 bits per heavy atom. The molecular formula is C8H16NO3. The summed E-state index contributed by atoms with van der Waals surface area (Å²) in [4.78, 5) is 9.62. The number of hydrogen-bond donors (Lipinski definition) is 1. The largest absolute Gasteiger partial charge is 0.383 e. The summed E-state index contributed by atoms with van der Waals surface area (Å²) in [6, 6.07) is 0. The van der Waals surface area contributed by atoms with Crippen molar-refractivity contribution in [2.24, 2.45) is 5.41 Å². The van der Waals surface area contributed by atoms with Crippen LogP contribution in [0.3, 0.4) is 0 Å². The topological polar surface area (TPSA) is 63.4 Å². The van der Waals surface area contributed by atoms with Gasteiger partial charge >= 0.3 is 0 Å². The Balaban J connectivity index is 4.13. The van der Waals surface area contributed by atoms with Crippen LogP contribution in [0.2, 0.25) is 0 Å². The van der Waals surface area contributed by atoms with E-state index >= 15 is 0 Å². The summed E-state index contributed by atoms with van der Waals surface area (Å²) in [5.41, 5.74) is -1.59. The molecule has 4 nitrogen and oxygen atoms in total. The molecule has 1 unspecified atom stereocenters. The zero-order valence-electron chi connectivity index (χ0n) is 7.83. The van der Waals surface area contributed by atoms with E-state index in [2.05, 4.69) is 6.92 Å². The average Bonchev–Trinajstić information content (AvgIpc) is 1.48. The summed E-state index contributed by atoms with van der Waals surface area (Å²) in [7, 11) is 0. The molecule has 71 valence electrons. The van der Waals surface area contributed by atoms with Gasteiger partial charge in [-0.1, -0.05) is 13.8 Å². The van der Waals surface area contributed by atoms with Gasteiger partial charge in [0.05, 0.1) is 0 Å². The fourth-order valence-electron chi connectivity index (χ4n) is 1.36. The second kappa shape index (κ2) is 3.39. The third-order valence-electron chi connectivity index (χ3n) is 1.33. The first-order chi connectivity index (χ1) is 5.12. The van der Waals surface area contributed by atoms with Gasteiger partial charge in [0, 0.05) is 4.92 Å². The van der Waals surface area contributed by atoms with Crippen molar-refractivity contribution in [2.45, 2.75) is 32.8 Å². The molecule has 0 bridgehead atoms. The van der Waals surface area contributed by atoms with Gasteiger partial charge in [-0.2, -0.15) is 0 Å². The van der Waals surface area contributed by atoms with Crippen molar-refractivity contribution in [3.8, 4) is 0 Å². The zero-order valence-corrected chi connectivity index (χ0v) is 7.83. The van der Waals surface area contributed by atoms with Gasteiger partial charge in [-0.15, -0.1) is 0 Å². The van der Waals surface area contributed by atoms with E-state index in [0.717, 1.165) is 0 Å². The molecule has 0 aromatic carbocycles. The molecule has 0 rings (SSSR count). The highest BCUT2D eigenvalue weighted by molar-refractivity contribution is 4.82. The van der Waals surface area contributed by atoms with E-state index in [9.17, 15) is 15.2 Å². The summed E-state index contributed by atoms with van der Waals surface area (Å²) in [6.45, 7) is 8.49. The minimum Gasteiger partial charge on any atom is -0.383 e. The smallest absolute Gasteiger partial charge is 0.231 e. The van der Waals surface area contributed by atoms with Crippen LogP contribution in [0.15, 0.2) is 0 Å². The number of aliphatic hydroxyl groups is 1. The maximum Gasteiger partial charge on any atom is 0.231 e. The van der Waals surface area contributed by atoms with Gasteiger partial charge < -0.3 is 5.11 Å². The number of hydrogen-bond acceptors (Lipinski definition) is 3. The molecule has 1 radical (unpaired) electrons. The first-order valence-electron chi connectivity index (χ1n) is 3.82. The van der Waals surface area contributed by atoms with E-state index in [4.69, 9.17) is 0 Å². The Hall–Kier alpha value is -0.640. The second-order valence-corrected chi connectivity index (χ2v) is 4.33. The normalized spacial score (nSPS) is 17.1. The van der Waals surface area contributed by atoms with Gasteiger partial charge in [0.1, 0.15) is 5.60 Å². The van der Waals surface area contributed by atoms with Crippen molar-refractivity contribution in [1.29, 1.82) is 0 Å². The van der Waals surface area contributed by atoms with Gasteiger partial charge in [-0.25, -0.2) is 0 Å². The Morgan fingerprint density at radius 2 is 1.92 bits per heavy atom. The predicted octanol–water partition coefficient (Wildman–Crippen LogP) is 1.26. The number of nitro groups is 1. The molecule has 0 aromatic heterocycles. The Bertz CT molecular complexity index is 170. The SMILES string of the molecule is [CH2]C(C)(C)CC(C)(O)C[N+](=O)[O-]. The minimum atomic E-state index is -1.26. The molecule has 0 fully saturated rings. The molecule has 0 amide bonds. The first-order valence-corrected chi connectivity index (χ1v) is 3.82. The summed E-state index contributed by atoms with van der Waals surface area (Å²) >= 11 is 0. The lowest BCUT2D eigenvalue weighted by molar-refractivity contribution is -0.500. The molecule has 4 heteroatoms. The van der Waals surface area contributed by atoms with E-state index in [0.29, 0.717) is 6.42 Å². The third-order valence-corrected chi connectivity index (χ3v) is 1.33. The molecule has 1 atom stereocenters. The highest BCUT2D eigenvalue weighted by Crippen LogP contribution is 2.26. The molecule has 0 aliphatic rings. The van der Waals surface area contributed by atoms with Crippen LogP contribution in [-0.2, 0) is 0 Å². The summed E-state index contributed by atoms with van der Waals surface area (Å²) < 4.78 is 0. The zero-order chi connectivity index (χ0) is 9.99. The van der Waals surface area contributed by atoms with Crippen molar-refractivity contribution >= 4 is 0 Å².